The Hall–Kier alpha value is -5.20. The molecule has 0 nitrogen and oxygen atoms in total. The fourth-order valence-corrected chi connectivity index (χ4v) is 5.98. The van der Waals surface area contributed by atoms with Crippen LogP contribution in [0.2, 0.25) is 0 Å². The molecule has 0 aliphatic heterocycles. The highest BCUT2D eigenvalue weighted by Gasteiger charge is 2.17. The van der Waals surface area contributed by atoms with E-state index in [2.05, 4.69) is 0 Å². The monoisotopic (exact) mass is 517 g/mol. The summed E-state index contributed by atoms with van der Waals surface area (Å²) in [6.07, 6.45) is 0. The first-order valence-electron chi connectivity index (χ1n) is 19.4. The van der Waals surface area contributed by atoms with Crippen molar-refractivity contribution < 1.29 is 17.8 Å². The van der Waals surface area contributed by atoms with Gasteiger partial charge in [0.25, 0.3) is 0 Å². The van der Waals surface area contributed by atoms with Gasteiger partial charge in [-0.2, -0.15) is 0 Å². The normalized spacial score (nSPS) is 16.6. The van der Waals surface area contributed by atoms with Crippen LogP contribution in [0.3, 0.4) is 0 Å². The van der Waals surface area contributed by atoms with Crippen molar-refractivity contribution in [2.45, 2.75) is 0 Å². The third-order valence-corrected chi connectivity index (χ3v) is 7.69. The van der Waals surface area contributed by atoms with Crippen molar-refractivity contribution in [1.82, 2.24) is 0 Å². The van der Waals surface area contributed by atoms with Gasteiger partial charge in [-0.3, -0.25) is 0 Å². The third-order valence-electron chi connectivity index (χ3n) is 7.69. The lowest BCUT2D eigenvalue weighted by molar-refractivity contribution is 1.66. The van der Waals surface area contributed by atoms with Gasteiger partial charge in [-0.05, 0) is 105 Å². The SMILES string of the molecule is [2H]c1c([2H])c([2H])c(-c2c([2H])c([2H])c3c([2H])c([2H])c4c([2H])c(-c5c6ccccc6cc6ccc7ccccc7c56)c([2H])c5c([2H])c([2H])c2c3c45)c([2H])c1[2H]. The summed E-state index contributed by atoms with van der Waals surface area (Å²) in [4.78, 5) is 0. The first-order valence-corrected chi connectivity index (χ1v) is 12.9. The molecule has 40 heavy (non-hydrogen) atoms. The topological polar surface area (TPSA) is 0 Å². The Morgan fingerprint density at radius 3 is 1.93 bits per heavy atom. The molecule has 0 heteroatoms. The lowest BCUT2D eigenvalue weighted by atomic mass is 9.85. The van der Waals surface area contributed by atoms with Gasteiger partial charge in [0.1, 0.15) is 0 Å². The Kier molecular flexibility index (Phi) is 2.60. The van der Waals surface area contributed by atoms with Crippen LogP contribution in [0.25, 0.3) is 86.9 Å². The Morgan fingerprint density at radius 2 is 1.07 bits per heavy atom. The molecule has 184 valence electrons. The van der Waals surface area contributed by atoms with Crippen molar-refractivity contribution in [2.24, 2.45) is 0 Å². The van der Waals surface area contributed by atoms with Gasteiger partial charge in [0.05, 0.1) is 17.8 Å². The largest absolute Gasteiger partial charge is 0.0636 e. The first-order chi connectivity index (χ1) is 25.3. The summed E-state index contributed by atoms with van der Waals surface area (Å²) in [5, 5.41) is 4.28. The summed E-state index contributed by atoms with van der Waals surface area (Å²) in [5.74, 6) is 0. The zero-order chi connectivity index (χ0) is 37.5. The molecule has 0 unspecified atom stereocenters. The van der Waals surface area contributed by atoms with Crippen LogP contribution in [0.5, 0.6) is 0 Å². The fraction of sp³-hybridized carbons (Fsp3) is 0. The van der Waals surface area contributed by atoms with E-state index in [0.29, 0.717) is 5.56 Å². The maximum atomic E-state index is 9.80. The number of fused-ring (bicyclic) bond motifs is 4. The molecule has 0 spiro atoms. The Bertz CT molecular complexity index is 3100. The predicted octanol–water partition coefficient (Wildman–Crippen LogP) is 11.4. The molecule has 9 aromatic carbocycles. The summed E-state index contributed by atoms with van der Waals surface area (Å²) in [6, 6.07) is 14.2. The van der Waals surface area contributed by atoms with Gasteiger partial charge in [0, 0.05) is 0 Å². The van der Waals surface area contributed by atoms with Crippen LogP contribution in [-0.4, -0.2) is 0 Å². The highest BCUT2D eigenvalue weighted by Crippen LogP contribution is 2.44. The zero-order valence-corrected chi connectivity index (χ0v) is 20.9. The lowest BCUT2D eigenvalue weighted by Gasteiger charge is -2.18. The van der Waals surface area contributed by atoms with Crippen LogP contribution in [0.15, 0.2) is 145 Å². The second-order valence-electron chi connectivity index (χ2n) is 9.86. The first kappa shape index (κ1) is 12.8. The average molecular weight is 518 g/mol. The van der Waals surface area contributed by atoms with Crippen LogP contribution < -0.4 is 0 Å². The van der Waals surface area contributed by atoms with E-state index in [-0.39, 0.29) is 55.5 Å². The highest BCUT2D eigenvalue weighted by atomic mass is 14.2. The minimum absolute atomic E-state index is 0.00673. The van der Waals surface area contributed by atoms with Gasteiger partial charge in [0.2, 0.25) is 0 Å². The Morgan fingerprint density at radius 1 is 0.400 bits per heavy atom. The molecular weight excluding hydrogens is 480 g/mol. The van der Waals surface area contributed by atoms with Crippen LogP contribution in [0.4, 0.5) is 0 Å². The van der Waals surface area contributed by atoms with Crippen LogP contribution in [-0.2, 0) is 0 Å². The van der Waals surface area contributed by atoms with E-state index in [1.165, 1.54) is 0 Å². The van der Waals surface area contributed by atoms with Crippen LogP contribution in [0.1, 0.15) is 17.8 Å². The molecule has 0 aliphatic carbocycles. The number of rotatable bonds is 2. The summed E-state index contributed by atoms with van der Waals surface area (Å²) in [7, 11) is 0. The van der Waals surface area contributed by atoms with Gasteiger partial charge in [-0.1, -0.05) is 127 Å². The number of benzene rings is 9. The fourth-order valence-electron chi connectivity index (χ4n) is 5.98. The van der Waals surface area contributed by atoms with E-state index < -0.39 is 72.0 Å². The standard InChI is InChI=1S/C40H24/c1-2-8-25(9-3-1)33-20-18-27-15-17-29-23-32(24-30-19-21-36(33)38(27)37(29)30)40-35-13-7-5-11-28(35)22-31-16-14-26-10-4-6-12-34(26)39(31)40/h1-24H/i1D,2D,3D,8D,9D,15D,17D,18D,19D,20D,21D,23D,24D. The second-order valence-corrected chi connectivity index (χ2v) is 9.86. The predicted molar refractivity (Wildman–Crippen MR) is 174 cm³/mol. The molecule has 9 rings (SSSR count). The minimum atomic E-state index is -0.689. The molecule has 0 N–H and O–H groups in total. The number of hydrogen-bond acceptors (Lipinski definition) is 0. The molecule has 0 radical (unpaired) electrons. The van der Waals surface area contributed by atoms with Crippen molar-refractivity contribution in [3.05, 3.63) is 145 Å². The summed E-state index contributed by atoms with van der Waals surface area (Å²) in [5.41, 5.74) is -0.161. The quantitative estimate of drug-likeness (QED) is 0.158. The molecule has 0 fully saturated rings. The van der Waals surface area contributed by atoms with Crippen LogP contribution in [0, 0.1) is 0 Å². The highest BCUT2D eigenvalue weighted by molar-refractivity contribution is 6.28. The van der Waals surface area contributed by atoms with E-state index in [0.717, 1.165) is 32.3 Å². The van der Waals surface area contributed by atoms with Gasteiger partial charge in [-0.25, -0.2) is 0 Å². The number of hydrogen-bond donors (Lipinski definition) is 0. The molecular formula is C40H24. The van der Waals surface area contributed by atoms with E-state index in [1.54, 1.807) is 0 Å². The van der Waals surface area contributed by atoms with Gasteiger partial charge >= 0.3 is 0 Å². The molecule has 0 aliphatic rings. The Labute approximate surface area is 250 Å². The minimum Gasteiger partial charge on any atom is -0.0622 e. The maximum Gasteiger partial charge on any atom is 0.0636 e. The second kappa shape index (κ2) is 8.15. The molecule has 0 heterocycles. The van der Waals surface area contributed by atoms with Crippen LogP contribution >= 0.6 is 0 Å². The van der Waals surface area contributed by atoms with E-state index in [1.807, 2.05) is 66.7 Å². The molecule has 0 saturated carbocycles. The van der Waals surface area contributed by atoms with E-state index in [4.69, 9.17) is 11.0 Å². The third kappa shape index (κ3) is 3.02. The summed E-state index contributed by atoms with van der Waals surface area (Å²) in [6.45, 7) is 0. The van der Waals surface area contributed by atoms with Crippen molar-refractivity contribution in [3.63, 3.8) is 0 Å². The zero-order valence-electron chi connectivity index (χ0n) is 33.9. The van der Waals surface area contributed by atoms with E-state index in [9.17, 15) is 6.85 Å². The van der Waals surface area contributed by atoms with Crippen molar-refractivity contribution >= 4 is 64.6 Å². The summed E-state index contributed by atoms with van der Waals surface area (Å²) < 4.78 is 117. The smallest absolute Gasteiger partial charge is 0.0622 e. The van der Waals surface area contributed by atoms with Gasteiger partial charge < -0.3 is 0 Å². The van der Waals surface area contributed by atoms with Crippen molar-refractivity contribution in [3.8, 4) is 22.3 Å². The van der Waals surface area contributed by atoms with Crippen molar-refractivity contribution in [1.29, 1.82) is 0 Å². The molecule has 0 atom stereocenters. The Balaban J connectivity index is 1.57. The maximum absolute atomic E-state index is 9.80. The summed E-state index contributed by atoms with van der Waals surface area (Å²) >= 11 is 0. The average Bonchev–Trinajstić information content (AvgIpc) is 3.15. The molecule has 0 amide bonds. The van der Waals surface area contributed by atoms with Crippen molar-refractivity contribution in [2.75, 3.05) is 0 Å². The lowest BCUT2D eigenvalue weighted by Crippen LogP contribution is -1.90. The molecule has 0 saturated heterocycles. The van der Waals surface area contributed by atoms with E-state index >= 15 is 0 Å². The molecule has 0 aromatic heterocycles. The van der Waals surface area contributed by atoms with Gasteiger partial charge in [0.15, 0.2) is 0 Å². The van der Waals surface area contributed by atoms with Gasteiger partial charge in [-0.15, -0.1) is 0 Å². The molecule has 0 bridgehead atoms. The molecule has 9 aromatic rings.